The van der Waals surface area contributed by atoms with Gasteiger partial charge in [-0.05, 0) is 80.5 Å². The van der Waals surface area contributed by atoms with Crippen LogP contribution in [0.25, 0.3) is 0 Å². The summed E-state index contributed by atoms with van der Waals surface area (Å²) < 4.78 is 5.51. The third-order valence-corrected chi connectivity index (χ3v) is 9.12. The van der Waals surface area contributed by atoms with E-state index in [-0.39, 0.29) is 40.5 Å². The van der Waals surface area contributed by atoms with Crippen LogP contribution in [0.4, 0.5) is 0 Å². The average Bonchev–Trinajstić information content (AvgIpc) is 2.91. The first-order valence-corrected chi connectivity index (χ1v) is 10.9. The number of carbonyl (C=O) groups excluding carboxylic acids is 3. The number of esters is 1. The zero-order valence-electron chi connectivity index (χ0n) is 17.3. The highest BCUT2D eigenvalue weighted by Gasteiger charge is 2.63. The van der Waals surface area contributed by atoms with E-state index in [1.54, 1.807) is 6.92 Å². The molecule has 0 aromatic carbocycles. The Morgan fingerprint density at radius 2 is 1.74 bits per heavy atom. The van der Waals surface area contributed by atoms with Gasteiger partial charge >= 0.3 is 5.97 Å². The minimum absolute atomic E-state index is 0.0228. The molecule has 0 saturated heterocycles. The number of hydrogen-bond acceptors (Lipinski definition) is 4. The molecule has 8 atom stereocenters. The fourth-order valence-corrected chi connectivity index (χ4v) is 8.04. The molecular weight excluding hydrogens is 340 g/mol. The molecule has 0 aliphatic heterocycles. The van der Waals surface area contributed by atoms with Gasteiger partial charge in [0, 0.05) is 25.2 Å². The van der Waals surface area contributed by atoms with Crippen molar-refractivity contribution >= 4 is 17.5 Å². The summed E-state index contributed by atoms with van der Waals surface area (Å²) in [6, 6.07) is 0. The number of ketones is 2. The molecule has 27 heavy (non-hydrogen) atoms. The van der Waals surface area contributed by atoms with Crippen LogP contribution in [0, 0.1) is 40.4 Å². The largest absolute Gasteiger partial charge is 0.463 e. The molecule has 0 spiro atoms. The quantitative estimate of drug-likeness (QED) is 0.675. The highest BCUT2D eigenvalue weighted by atomic mass is 16.5. The topological polar surface area (TPSA) is 60.4 Å². The predicted molar refractivity (Wildman–Crippen MR) is 102 cm³/mol. The van der Waals surface area contributed by atoms with Gasteiger partial charge in [-0.15, -0.1) is 0 Å². The van der Waals surface area contributed by atoms with Crippen LogP contribution in [0.15, 0.2) is 0 Å². The third-order valence-electron chi connectivity index (χ3n) is 9.12. The molecule has 0 N–H and O–H groups in total. The van der Waals surface area contributed by atoms with E-state index in [1.807, 2.05) is 0 Å². The Kier molecular flexibility index (Phi) is 4.55. The number of ether oxygens (including phenoxy) is 1. The normalized spacial score (nSPS) is 49.0. The van der Waals surface area contributed by atoms with Crippen molar-refractivity contribution in [3.05, 3.63) is 0 Å². The van der Waals surface area contributed by atoms with E-state index in [9.17, 15) is 14.4 Å². The molecule has 0 aromatic heterocycles. The summed E-state index contributed by atoms with van der Waals surface area (Å²) in [5.41, 5.74) is -0.0888. The highest BCUT2D eigenvalue weighted by Crippen LogP contribution is 2.66. The van der Waals surface area contributed by atoms with Crippen LogP contribution in [-0.4, -0.2) is 23.6 Å². The Morgan fingerprint density at radius 3 is 2.41 bits per heavy atom. The van der Waals surface area contributed by atoms with E-state index < -0.39 is 0 Å². The first kappa shape index (κ1) is 19.1. The van der Waals surface area contributed by atoms with Gasteiger partial charge in [0.25, 0.3) is 0 Å². The van der Waals surface area contributed by atoms with Gasteiger partial charge in [-0.3, -0.25) is 14.4 Å². The van der Waals surface area contributed by atoms with Gasteiger partial charge in [0.2, 0.25) is 0 Å². The summed E-state index contributed by atoms with van der Waals surface area (Å²) in [6.07, 6.45) is 7.64. The minimum Gasteiger partial charge on any atom is -0.463 e. The molecule has 4 saturated carbocycles. The second-order valence-corrected chi connectivity index (χ2v) is 10.4. The van der Waals surface area contributed by atoms with Crippen molar-refractivity contribution < 1.29 is 19.1 Å². The van der Waals surface area contributed by atoms with Gasteiger partial charge in [-0.2, -0.15) is 0 Å². The third kappa shape index (κ3) is 2.81. The van der Waals surface area contributed by atoms with Gasteiger partial charge < -0.3 is 4.74 Å². The lowest BCUT2D eigenvalue weighted by Crippen LogP contribution is -2.58. The van der Waals surface area contributed by atoms with Crippen molar-refractivity contribution in [1.29, 1.82) is 0 Å². The summed E-state index contributed by atoms with van der Waals surface area (Å²) in [6.45, 7) is 7.75. The summed E-state index contributed by atoms with van der Waals surface area (Å²) in [5.74, 6) is 2.11. The molecular formula is C23H34O4. The molecule has 8 unspecified atom stereocenters. The van der Waals surface area contributed by atoms with Gasteiger partial charge in [0.05, 0.1) is 0 Å². The van der Waals surface area contributed by atoms with Crippen molar-refractivity contribution in [3.63, 3.8) is 0 Å². The average molecular weight is 375 g/mol. The zero-order chi connectivity index (χ0) is 19.6. The second-order valence-electron chi connectivity index (χ2n) is 10.4. The molecule has 4 aliphatic rings. The molecule has 0 radical (unpaired) electrons. The zero-order valence-corrected chi connectivity index (χ0v) is 17.3. The monoisotopic (exact) mass is 374 g/mol. The van der Waals surface area contributed by atoms with E-state index in [2.05, 4.69) is 13.8 Å². The summed E-state index contributed by atoms with van der Waals surface area (Å²) in [4.78, 5) is 37.1. The fourth-order valence-electron chi connectivity index (χ4n) is 8.04. The predicted octanol–water partition coefficient (Wildman–Crippen LogP) is 4.35. The lowest BCUT2D eigenvalue weighted by molar-refractivity contribution is -0.169. The van der Waals surface area contributed by atoms with Crippen molar-refractivity contribution in [2.45, 2.75) is 85.2 Å². The lowest BCUT2D eigenvalue weighted by atomic mass is 9.44. The van der Waals surface area contributed by atoms with Gasteiger partial charge in [0.1, 0.15) is 17.7 Å². The van der Waals surface area contributed by atoms with Crippen LogP contribution in [0.2, 0.25) is 0 Å². The summed E-state index contributed by atoms with van der Waals surface area (Å²) in [5, 5.41) is 0. The maximum absolute atomic E-state index is 13.5. The molecule has 4 rings (SSSR count). The maximum Gasteiger partial charge on any atom is 0.302 e. The molecule has 0 heterocycles. The molecule has 4 fully saturated rings. The van der Waals surface area contributed by atoms with E-state index in [4.69, 9.17) is 4.74 Å². The van der Waals surface area contributed by atoms with Gasteiger partial charge in [0.15, 0.2) is 0 Å². The van der Waals surface area contributed by atoms with Crippen LogP contribution < -0.4 is 0 Å². The molecule has 0 aromatic rings. The molecule has 4 aliphatic carbocycles. The van der Waals surface area contributed by atoms with Gasteiger partial charge in [-0.1, -0.05) is 13.8 Å². The van der Waals surface area contributed by atoms with Crippen molar-refractivity contribution in [2.75, 3.05) is 0 Å². The standard InChI is InChI=1S/C23H34O4/c1-13(24)18-7-8-19-17-6-5-15-11-16(27-14(2)25)9-10-22(15,3)21(17)20(26)12-23(18,19)4/h15-19,21H,5-12H2,1-4H3. The molecule has 0 bridgehead atoms. The minimum atomic E-state index is -0.192. The number of fused-ring (bicyclic) bond motifs is 5. The fraction of sp³-hybridized carbons (Fsp3) is 0.870. The number of Topliss-reactive ketones (excluding diaryl/α,β-unsaturated/α-hetero) is 2. The number of hydrogen-bond donors (Lipinski definition) is 0. The number of carbonyl (C=O) groups is 3. The Labute approximate surface area is 162 Å². The molecule has 150 valence electrons. The SMILES string of the molecule is CC(=O)OC1CCC2(C)C(CCC3C4CCC(C(C)=O)C4(C)CC(=O)C32)C1. The number of rotatable bonds is 2. The Bertz CT molecular complexity index is 669. The smallest absolute Gasteiger partial charge is 0.302 e. The van der Waals surface area contributed by atoms with Gasteiger partial charge in [-0.25, -0.2) is 0 Å². The first-order chi connectivity index (χ1) is 12.7. The summed E-state index contributed by atoms with van der Waals surface area (Å²) in [7, 11) is 0. The molecule has 4 nitrogen and oxygen atoms in total. The van der Waals surface area contributed by atoms with Crippen molar-refractivity contribution in [2.24, 2.45) is 40.4 Å². The Balaban J connectivity index is 1.60. The van der Waals surface area contributed by atoms with E-state index in [0.717, 1.165) is 44.9 Å². The van der Waals surface area contributed by atoms with Crippen molar-refractivity contribution in [3.8, 4) is 0 Å². The van der Waals surface area contributed by atoms with Crippen LogP contribution >= 0.6 is 0 Å². The molecule has 4 heteroatoms. The van der Waals surface area contributed by atoms with Crippen LogP contribution in [-0.2, 0) is 19.1 Å². The Morgan fingerprint density at radius 1 is 1.00 bits per heavy atom. The van der Waals surface area contributed by atoms with E-state index in [0.29, 0.717) is 30.0 Å². The van der Waals surface area contributed by atoms with E-state index >= 15 is 0 Å². The summed E-state index contributed by atoms with van der Waals surface area (Å²) >= 11 is 0. The van der Waals surface area contributed by atoms with Crippen molar-refractivity contribution in [1.82, 2.24) is 0 Å². The molecule has 0 amide bonds. The highest BCUT2D eigenvalue weighted by molar-refractivity contribution is 5.87. The van der Waals surface area contributed by atoms with Crippen LogP contribution in [0.5, 0.6) is 0 Å². The van der Waals surface area contributed by atoms with Crippen LogP contribution in [0.3, 0.4) is 0 Å². The first-order valence-electron chi connectivity index (χ1n) is 10.9. The Hall–Kier alpha value is -1.19. The van der Waals surface area contributed by atoms with Crippen LogP contribution in [0.1, 0.15) is 79.1 Å². The lowest BCUT2D eigenvalue weighted by Gasteiger charge is -2.59. The second kappa shape index (κ2) is 6.42. The van der Waals surface area contributed by atoms with E-state index in [1.165, 1.54) is 6.92 Å². The maximum atomic E-state index is 13.5.